The monoisotopic (exact) mass is 504 g/mol. The number of allylic oxidation sites excluding steroid dienone is 1. The molecule has 23 heavy (non-hydrogen) atoms. The number of hydrogen-bond donors (Lipinski definition) is 1. The number of nitrogens with zero attached hydrogens (tertiary/aromatic N) is 1. The van der Waals surface area contributed by atoms with Crippen LogP contribution in [-0.2, 0) is 4.79 Å². The number of hydrazone groups is 1. The third kappa shape index (κ3) is 5.96. The Hall–Kier alpha value is -1.38. The first-order valence-electron chi connectivity index (χ1n) is 6.35. The van der Waals surface area contributed by atoms with Crippen LogP contribution >= 0.6 is 47.8 Å². The molecule has 120 valence electrons. The molecule has 0 radical (unpaired) electrons. The van der Waals surface area contributed by atoms with Gasteiger partial charge in [0.1, 0.15) is 11.5 Å². The van der Waals surface area contributed by atoms with Crippen LogP contribution in [0, 0.1) is 0 Å². The summed E-state index contributed by atoms with van der Waals surface area (Å²) < 4.78 is 12.9. The van der Waals surface area contributed by atoms with Crippen molar-refractivity contribution in [3.05, 3.63) is 55.8 Å². The smallest absolute Gasteiger partial charge is 0.277 e. The summed E-state index contributed by atoms with van der Waals surface area (Å²) in [6.45, 7) is -0.155. The van der Waals surface area contributed by atoms with Crippen LogP contribution in [0.4, 0.5) is 0 Å². The highest BCUT2D eigenvalue weighted by Gasteiger charge is 2.10. The van der Waals surface area contributed by atoms with E-state index in [1.54, 1.807) is 24.5 Å². The van der Waals surface area contributed by atoms with E-state index in [2.05, 4.69) is 58.3 Å². The molecule has 1 aromatic carbocycles. The fraction of sp³-hybridized carbons (Fsp3) is 0.0667. The fourth-order valence-electron chi connectivity index (χ4n) is 1.51. The number of amides is 1. The zero-order valence-electron chi connectivity index (χ0n) is 11.6. The Morgan fingerprint density at radius 1 is 1.30 bits per heavy atom. The summed E-state index contributed by atoms with van der Waals surface area (Å²) in [6.07, 6.45) is 6.41. The van der Waals surface area contributed by atoms with Crippen LogP contribution in [0.25, 0.3) is 6.08 Å². The predicted octanol–water partition coefficient (Wildman–Crippen LogP) is 4.76. The van der Waals surface area contributed by atoms with Gasteiger partial charge in [-0.3, -0.25) is 4.79 Å². The Kier molecular flexibility index (Phi) is 7.07. The first-order valence-corrected chi connectivity index (χ1v) is 8.73. The molecule has 0 saturated carbocycles. The summed E-state index contributed by atoms with van der Waals surface area (Å²) in [7, 11) is 0. The molecule has 0 aliphatic carbocycles. The number of benzene rings is 1. The minimum absolute atomic E-state index is 0.155. The summed E-state index contributed by atoms with van der Waals surface area (Å²) >= 11 is 10.1. The van der Waals surface area contributed by atoms with Gasteiger partial charge in [0, 0.05) is 10.7 Å². The minimum Gasteiger partial charge on any atom is -0.481 e. The van der Waals surface area contributed by atoms with Crippen molar-refractivity contribution < 1.29 is 13.9 Å². The highest BCUT2D eigenvalue weighted by atomic mass is 79.9. The summed E-state index contributed by atoms with van der Waals surface area (Å²) in [6, 6.07) is 7.25. The lowest BCUT2D eigenvalue weighted by molar-refractivity contribution is -0.123. The summed E-state index contributed by atoms with van der Waals surface area (Å²) in [4.78, 5) is 11.7. The van der Waals surface area contributed by atoms with Gasteiger partial charge >= 0.3 is 0 Å². The van der Waals surface area contributed by atoms with E-state index in [0.717, 1.165) is 13.4 Å². The maximum atomic E-state index is 11.7. The predicted molar refractivity (Wildman–Crippen MR) is 99.4 cm³/mol. The van der Waals surface area contributed by atoms with Crippen molar-refractivity contribution in [2.75, 3.05) is 6.61 Å². The van der Waals surface area contributed by atoms with Gasteiger partial charge in [-0.25, -0.2) is 5.43 Å². The Morgan fingerprint density at radius 2 is 2.04 bits per heavy atom. The van der Waals surface area contributed by atoms with Crippen molar-refractivity contribution in [1.29, 1.82) is 0 Å². The number of nitrogens with one attached hydrogen (secondary N) is 1. The number of halogens is 3. The van der Waals surface area contributed by atoms with E-state index in [-0.39, 0.29) is 12.5 Å². The number of furan rings is 1. The van der Waals surface area contributed by atoms with Gasteiger partial charge in [-0.05, 0) is 68.3 Å². The van der Waals surface area contributed by atoms with Crippen molar-refractivity contribution >= 4 is 66.0 Å². The lowest BCUT2D eigenvalue weighted by atomic mass is 10.3. The Balaban J connectivity index is 1.79. The van der Waals surface area contributed by atoms with E-state index < -0.39 is 0 Å². The zero-order chi connectivity index (χ0) is 16.7. The lowest BCUT2D eigenvalue weighted by Gasteiger charge is -2.09. The Bertz CT molecular complexity index is 705. The molecule has 0 atom stereocenters. The van der Waals surface area contributed by atoms with Crippen molar-refractivity contribution in [2.24, 2.45) is 5.10 Å². The molecule has 0 fully saturated rings. The molecule has 8 heteroatoms. The molecule has 0 aliphatic heterocycles. The highest BCUT2D eigenvalue weighted by molar-refractivity contribution is 9.11. The molecule has 0 spiro atoms. The Labute approximate surface area is 158 Å². The van der Waals surface area contributed by atoms with Gasteiger partial charge in [0.05, 0.1) is 15.2 Å². The van der Waals surface area contributed by atoms with E-state index in [4.69, 9.17) is 9.15 Å². The Morgan fingerprint density at radius 3 is 2.70 bits per heavy atom. The largest absolute Gasteiger partial charge is 0.481 e. The molecule has 0 aliphatic rings. The molecule has 0 unspecified atom stereocenters. The molecule has 1 amide bonds. The van der Waals surface area contributed by atoms with Crippen LogP contribution in [-0.4, -0.2) is 18.7 Å². The number of hydrogen-bond acceptors (Lipinski definition) is 4. The van der Waals surface area contributed by atoms with Crippen LogP contribution < -0.4 is 10.2 Å². The number of carbonyl (C=O) groups is 1. The van der Waals surface area contributed by atoms with Crippen molar-refractivity contribution in [1.82, 2.24) is 5.43 Å². The number of rotatable bonds is 6. The topological polar surface area (TPSA) is 63.8 Å². The average molecular weight is 507 g/mol. The van der Waals surface area contributed by atoms with Crippen LogP contribution in [0.1, 0.15) is 5.76 Å². The van der Waals surface area contributed by atoms with Gasteiger partial charge in [-0.15, -0.1) is 0 Å². The molecular formula is C15H11Br3N2O3. The van der Waals surface area contributed by atoms with Gasteiger partial charge in [0.15, 0.2) is 6.61 Å². The molecule has 5 nitrogen and oxygen atoms in total. The molecule has 0 saturated heterocycles. The van der Waals surface area contributed by atoms with Gasteiger partial charge in [-0.2, -0.15) is 5.10 Å². The van der Waals surface area contributed by atoms with Gasteiger partial charge < -0.3 is 9.15 Å². The summed E-state index contributed by atoms with van der Waals surface area (Å²) in [5.41, 5.74) is 2.37. The van der Waals surface area contributed by atoms with Crippen LogP contribution in [0.3, 0.4) is 0 Å². The standard InChI is InChI=1S/C15H11Br3N2O3/c16-10-7-12(17)15(13(18)8-10)23-9-14(21)20-19-5-1-3-11-4-2-6-22-11/h1-8H,9H2,(H,20,21)/b3-1+,19-5+. The zero-order valence-corrected chi connectivity index (χ0v) is 16.4. The fourth-order valence-corrected chi connectivity index (χ4v) is 4.00. The first-order chi connectivity index (χ1) is 11.1. The van der Waals surface area contributed by atoms with Gasteiger partial charge in [-0.1, -0.05) is 15.9 Å². The van der Waals surface area contributed by atoms with Crippen LogP contribution in [0.2, 0.25) is 0 Å². The van der Waals surface area contributed by atoms with Gasteiger partial charge in [0.2, 0.25) is 0 Å². The minimum atomic E-state index is -0.366. The van der Waals surface area contributed by atoms with E-state index in [1.165, 1.54) is 6.21 Å². The molecule has 1 heterocycles. The summed E-state index contributed by atoms with van der Waals surface area (Å²) in [5.74, 6) is 0.885. The maximum absolute atomic E-state index is 11.7. The van der Waals surface area contributed by atoms with Crippen LogP contribution in [0.5, 0.6) is 5.75 Å². The molecule has 0 bridgehead atoms. The van der Waals surface area contributed by atoms with E-state index in [0.29, 0.717) is 11.5 Å². The quantitative estimate of drug-likeness (QED) is 0.454. The van der Waals surface area contributed by atoms with E-state index >= 15 is 0 Å². The first kappa shape index (κ1) is 18.0. The third-order valence-electron chi connectivity index (χ3n) is 2.46. The van der Waals surface area contributed by atoms with Gasteiger partial charge in [0.25, 0.3) is 5.91 Å². The van der Waals surface area contributed by atoms with E-state index in [1.807, 2.05) is 18.2 Å². The molecule has 1 N–H and O–H groups in total. The second-order valence-electron chi connectivity index (χ2n) is 4.17. The third-order valence-corrected chi connectivity index (χ3v) is 4.10. The van der Waals surface area contributed by atoms with Crippen molar-refractivity contribution in [3.63, 3.8) is 0 Å². The number of ether oxygens (including phenoxy) is 1. The van der Waals surface area contributed by atoms with E-state index in [9.17, 15) is 4.79 Å². The SMILES string of the molecule is O=C(COc1c(Br)cc(Br)cc1Br)N/N=C/C=C/c1ccco1. The second kappa shape index (κ2) is 9.05. The second-order valence-corrected chi connectivity index (χ2v) is 6.80. The molecule has 2 rings (SSSR count). The average Bonchev–Trinajstić information content (AvgIpc) is 2.99. The normalized spacial score (nSPS) is 11.3. The number of carbonyl (C=O) groups excluding carboxylic acids is 1. The van der Waals surface area contributed by atoms with Crippen molar-refractivity contribution in [3.8, 4) is 5.75 Å². The summed E-state index contributed by atoms with van der Waals surface area (Å²) in [5, 5.41) is 3.78. The molecular weight excluding hydrogens is 496 g/mol. The maximum Gasteiger partial charge on any atom is 0.277 e. The molecule has 2 aromatic rings. The lowest BCUT2D eigenvalue weighted by Crippen LogP contribution is -2.24. The highest BCUT2D eigenvalue weighted by Crippen LogP contribution is 2.36. The van der Waals surface area contributed by atoms with Crippen molar-refractivity contribution in [2.45, 2.75) is 0 Å². The molecule has 1 aromatic heterocycles. The van der Waals surface area contributed by atoms with Crippen LogP contribution in [0.15, 0.2) is 59.5 Å².